The van der Waals surface area contributed by atoms with Crippen LogP contribution < -0.4 is 5.73 Å². The van der Waals surface area contributed by atoms with Crippen LogP contribution in [0.25, 0.3) is 0 Å². The van der Waals surface area contributed by atoms with Gasteiger partial charge in [-0.2, -0.15) is 11.8 Å². The van der Waals surface area contributed by atoms with Gasteiger partial charge in [0, 0.05) is 12.3 Å². The smallest absolute Gasteiger partial charge is 0.323 e. The van der Waals surface area contributed by atoms with Crippen molar-refractivity contribution < 1.29 is 9.53 Å². The van der Waals surface area contributed by atoms with Crippen LogP contribution in [-0.4, -0.2) is 44.6 Å². The van der Waals surface area contributed by atoms with Crippen molar-refractivity contribution in [2.45, 2.75) is 45.0 Å². The molecule has 1 heterocycles. The van der Waals surface area contributed by atoms with Gasteiger partial charge < -0.3 is 10.5 Å². The molecule has 0 fully saturated rings. The van der Waals surface area contributed by atoms with Gasteiger partial charge in [0.15, 0.2) is 5.82 Å². The number of hydrogen-bond donors (Lipinski definition) is 1. The van der Waals surface area contributed by atoms with Gasteiger partial charge in [-0.25, -0.2) is 4.68 Å². The summed E-state index contributed by atoms with van der Waals surface area (Å²) in [5.74, 6) is 1.60. The molecule has 108 valence electrons. The predicted molar refractivity (Wildman–Crippen MR) is 73.5 cm³/mol. The van der Waals surface area contributed by atoms with Gasteiger partial charge >= 0.3 is 5.97 Å². The summed E-state index contributed by atoms with van der Waals surface area (Å²) in [6, 6.07) is -0.593. The highest BCUT2D eigenvalue weighted by Gasteiger charge is 2.15. The van der Waals surface area contributed by atoms with E-state index in [-0.39, 0.29) is 5.97 Å². The minimum atomic E-state index is -0.593. The van der Waals surface area contributed by atoms with Gasteiger partial charge in [0.1, 0.15) is 6.04 Å². The summed E-state index contributed by atoms with van der Waals surface area (Å²) in [4.78, 5) is 11.3. The first kappa shape index (κ1) is 15.9. The first-order valence-electron chi connectivity index (χ1n) is 6.44. The second-order valence-electron chi connectivity index (χ2n) is 4.05. The van der Waals surface area contributed by atoms with Gasteiger partial charge in [-0.15, -0.1) is 5.10 Å². The number of carbonyl (C=O) groups is 1. The van der Waals surface area contributed by atoms with Crippen molar-refractivity contribution in [2.75, 3.05) is 12.4 Å². The normalized spacial score (nSPS) is 12.4. The van der Waals surface area contributed by atoms with Crippen LogP contribution in [0, 0.1) is 0 Å². The summed E-state index contributed by atoms with van der Waals surface area (Å²) in [5, 5.41) is 11.6. The SMILES string of the molecule is CCCCn1nnnc1CSCC(N)C(=O)OCC. The topological polar surface area (TPSA) is 95.9 Å². The molecule has 0 saturated carbocycles. The van der Waals surface area contributed by atoms with Crippen molar-refractivity contribution in [1.29, 1.82) is 0 Å². The molecule has 0 bridgehead atoms. The number of unbranched alkanes of at least 4 members (excludes halogenated alkanes) is 1. The highest BCUT2D eigenvalue weighted by Crippen LogP contribution is 2.11. The molecule has 0 aliphatic heterocycles. The predicted octanol–water partition coefficient (Wildman–Crippen LogP) is 0.597. The fourth-order valence-electron chi connectivity index (χ4n) is 1.40. The fraction of sp³-hybridized carbons (Fsp3) is 0.818. The Morgan fingerprint density at radius 1 is 1.53 bits per heavy atom. The molecule has 1 rings (SSSR count). The van der Waals surface area contributed by atoms with Crippen LogP contribution in [0.3, 0.4) is 0 Å². The molecule has 19 heavy (non-hydrogen) atoms. The van der Waals surface area contributed by atoms with E-state index in [0.717, 1.165) is 25.2 Å². The molecule has 0 aromatic carbocycles. The summed E-state index contributed by atoms with van der Waals surface area (Å²) in [5.41, 5.74) is 5.71. The molecule has 0 aliphatic rings. The van der Waals surface area contributed by atoms with Gasteiger partial charge in [-0.3, -0.25) is 4.79 Å². The fourth-order valence-corrected chi connectivity index (χ4v) is 2.30. The van der Waals surface area contributed by atoms with Crippen LogP contribution in [0.15, 0.2) is 0 Å². The molecule has 0 radical (unpaired) electrons. The summed E-state index contributed by atoms with van der Waals surface area (Å²) >= 11 is 1.53. The van der Waals surface area contributed by atoms with E-state index in [9.17, 15) is 4.79 Å². The van der Waals surface area contributed by atoms with Crippen molar-refractivity contribution >= 4 is 17.7 Å². The molecular weight excluding hydrogens is 266 g/mol. The zero-order valence-electron chi connectivity index (χ0n) is 11.4. The number of esters is 1. The number of nitrogens with zero attached hydrogens (tertiary/aromatic N) is 4. The summed E-state index contributed by atoms with van der Waals surface area (Å²) in [7, 11) is 0. The summed E-state index contributed by atoms with van der Waals surface area (Å²) < 4.78 is 6.64. The van der Waals surface area contributed by atoms with Crippen LogP contribution in [0.4, 0.5) is 0 Å². The molecule has 1 atom stereocenters. The lowest BCUT2D eigenvalue weighted by Crippen LogP contribution is -2.34. The molecule has 1 aromatic rings. The number of hydrogen-bond acceptors (Lipinski definition) is 7. The average molecular weight is 287 g/mol. The van der Waals surface area contributed by atoms with Gasteiger partial charge in [0.25, 0.3) is 0 Å². The Hall–Kier alpha value is -1.15. The molecule has 1 unspecified atom stereocenters. The Balaban J connectivity index is 2.32. The molecule has 0 spiro atoms. The third-order valence-corrected chi connectivity index (χ3v) is 3.50. The molecular formula is C11H21N5O2S. The maximum Gasteiger partial charge on any atom is 0.323 e. The third-order valence-electron chi connectivity index (χ3n) is 2.45. The Morgan fingerprint density at radius 3 is 3.00 bits per heavy atom. The average Bonchev–Trinajstić information content (AvgIpc) is 2.84. The van der Waals surface area contributed by atoms with Crippen LogP contribution >= 0.6 is 11.8 Å². The number of thioether (sulfide) groups is 1. The van der Waals surface area contributed by atoms with E-state index >= 15 is 0 Å². The van der Waals surface area contributed by atoms with E-state index in [1.807, 2.05) is 0 Å². The molecule has 2 N–H and O–H groups in total. The minimum absolute atomic E-state index is 0.354. The first-order valence-corrected chi connectivity index (χ1v) is 7.59. The second-order valence-corrected chi connectivity index (χ2v) is 5.08. The van der Waals surface area contributed by atoms with Crippen molar-refractivity contribution in [3.8, 4) is 0 Å². The summed E-state index contributed by atoms with van der Waals surface area (Å²) in [6.07, 6.45) is 2.14. The van der Waals surface area contributed by atoms with E-state index in [1.165, 1.54) is 11.8 Å². The lowest BCUT2D eigenvalue weighted by atomic mass is 10.3. The molecule has 1 aromatic heterocycles. The van der Waals surface area contributed by atoms with Crippen molar-refractivity contribution in [1.82, 2.24) is 20.2 Å². The van der Waals surface area contributed by atoms with Crippen LogP contribution in [0.5, 0.6) is 0 Å². The minimum Gasteiger partial charge on any atom is -0.465 e. The monoisotopic (exact) mass is 287 g/mol. The van der Waals surface area contributed by atoms with E-state index in [0.29, 0.717) is 18.1 Å². The van der Waals surface area contributed by atoms with Gasteiger partial charge in [0.05, 0.1) is 12.4 Å². The Morgan fingerprint density at radius 2 is 2.32 bits per heavy atom. The van der Waals surface area contributed by atoms with E-state index in [2.05, 4.69) is 22.4 Å². The zero-order chi connectivity index (χ0) is 14.1. The number of rotatable bonds is 9. The quantitative estimate of drug-likeness (QED) is 0.664. The summed E-state index contributed by atoms with van der Waals surface area (Å²) in [6.45, 7) is 5.06. The van der Waals surface area contributed by atoms with Crippen LogP contribution in [0.1, 0.15) is 32.5 Å². The first-order chi connectivity index (χ1) is 9.19. The van der Waals surface area contributed by atoms with Crippen molar-refractivity contribution in [3.63, 3.8) is 0 Å². The largest absolute Gasteiger partial charge is 0.465 e. The van der Waals surface area contributed by atoms with E-state index < -0.39 is 6.04 Å². The number of tetrazole rings is 1. The highest BCUT2D eigenvalue weighted by molar-refractivity contribution is 7.98. The Kier molecular flexibility index (Phi) is 7.42. The second kappa shape index (κ2) is 8.87. The number of ether oxygens (including phenoxy) is 1. The van der Waals surface area contributed by atoms with Crippen molar-refractivity contribution in [3.05, 3.63) is 5.82 Å². The standard InChI is InChI=1S/C11H21N5O2S/c1-3-5-6-16-10(13-14-15-16)8-19-7-9(12)11(17)18-4-2/h9H,3-8,12H2,1-2H3. The number of aromatic nitrogens is 4. The lowest BCUT2D eigenvalue weighted by Gasteiger charge is -2.09. The number of nitrogens with two attached hydrogens (primary N) is 1. The zero-order valence-corrected chi connectivity index (χ0v) is 12.2. The van der Waals surface area contributed by atoms with E-state index in [1.54, 1.807) is 11.6 Å². The molecule has 0 amide bonds. The maximum absolute atomic E-state index is 11.3. The van der Waals surface area contributed by atoms with E-state index in [4.69, 9.17) is 10.5 Å². The number of aryl methyl sites for hydroxylation is 1. The lowest BCUT2D eigenvalue weighted by molar-refractivity contribution is -0.144. The Labute approximate surface area is 117 Å². The number of carbonyl (C=O) groups excluding carboxylic acids is 1. The van der Waals surface area contributed by atoms with Crippen molar-refractivity contribution in [2.24, 2.45) is 5.73 Å². The van der Waals surface area contributed by atoms with Gasteiger partial charge in [0.2, 0.25) is 0 Å². The molecule has 0 saturated heterocycles. The third kappa shape index (κ3) is 5.56. The highest BCUT2D eigenvalue weighted by atomic mass is 32.2. The van der Waals surface area contributed by atoms with Gasteiger partial charge in [-0.1, -0.05) is 13.3 Å². The Bertz CT molecular complexity index is 385. The maximum atomic E-state index is 11.3. The van der Waals surface area contributed by atoms with Crippen LogP contribution in [0.2, 0.25) is 0 Å². The molecule has 8 heteroatoms. The van der Waals surface area contributed by atoms with Gasteiger partial charge in [-0.05, 0) is 23.8 Å². The molecule has 0 aliphatic carbocycles. The molecule has 7 nitrogen and oxygen atoms in total. The van der Waals surface area contributed by atoms with Crippen LogP contribution in [-0.2, 0) is 21.8 Å².